The van der Waals surface area contributed by atoms with E-state index in [1.807, 2.05) is 12.1 Å². The number of carbonyl (C=O) groups excluding carboxylic acids is 1. The highest BCUT2D eigenvalue weighted by molar-refractivity contribution is 5.95. The lowest BCUT2D eigenvalue weighted by Crippen LogP contribution is -2.42. The van der Waals surface area contributed by atoms with E-state index < -0.39 is 23.3 Å². The Bertz CT molecular complexity index is 1140. The Kier molecular flexibility index (Phi) is 6.05. The minimum absolute atomic E-state index is 0.116. The molecule has 174 valence electrons. The number of carbonyl (C=O) groups is 1. The van der Waals surface area contributed by atoms with Crippen LogP contribution in [0.3, 0.4) is 0 Å². The normalized spacial score (nSPS) is 15.9. The predicted octanol–water partition coefficient (Wildman–Crippen LogP) is 3.60. The zero-order chi connectivity index (χ0) is 23.6. The standard InChI is InChI=1S/C22H24F3N7O/c1-14-10-28-20(30-18(14)26)32-12-16(17(31-32)22(23,24)25)19(33)29-13-21(7-3-2-4-8-21)15-6-5-9-27-11-15/h5-6,9-12H,2-4,7-8,13H2,1H3,(H,29,33)(H2,26,28,30). The molecule has 0 atom stereocenters. The third kappa shape index (κ3) is 4.67. The van der Waals surface area contributed by atoms with Crippen LogP contribution in [-0.4, -0.2) is 37.2 Å². The van der Waals surface area contributed by atoms with E-state index in [0.29, 0.717) is 5.56 Å². The molecule has 0 saturated heterocycles. The SMILES string of the molecule is Cc1cnc(-n2cc(C(=O)NCC3(c4cccnc4)CCCCC3)c(C(F)(F)F)n2)nc1N. The molecule has 1 aliphatic rings. The van der Waals surface area contributed by atoms with Gasteiger partial charge in [0, 0.05) is 42.3 Å². The lowest BCUT2D eigenvalue weighted by molar-refractivity contribution is -0.141. The van der Waals surface area contributed by atoms with Gasteiger partial charge in [-0.1, -0.05) is 25.3 Å². The maximum atomic E-state index is 13.7. The molecule has 3 aromatic heterocycles. The van der Waals surface area contributed by atoms with Crippen LogP contribution in [0, 0.1) is 6.92 Å². The molecule has 0 bridgehead atoms. The van der Waals surface area contributed by atoms with Crippen LogP contribution in [0.15, 0.2) is 36.9 Å². The van der Waals surface area contributed by atoms with Crippen molar-refractivity contribution in [3.63, 3.8) is 0 Å². The van der Waals surface area contributed by atoms with Crippen LogP contribution in [0.2, 0.25) is 0 Å². The summed E-state index contributed by atoms with van der Waals surface area (Å²) in [5.41, 5.74) is 5.03. The predicted molar refractivity (Wildman–Crippen MR) is 115 cm³/mol. The molecule has 0 unspecified atom stereocenters. The van der Waals surface area contributed by atoms with Gasteiger partial charge in [0.2, 0.25) is 0 Å². The van der Waals surface area contributed by atoms with E-state index in [0.717, 1.165) is 48.5 Å². The lowest BCUT2D eigenvalue weighted by atomic mass is 9.70. The first kappa shape index (κ1) is 22.7. The average Bonchev–Trinajstić information content (AvgIpc) is 3.27. The summed E-state index contributed by atoms with van der Waals surface area (Å²) in [7, 11) is 0. The number of nitrogen functional groups attached to an aromatic ring is 1. The van der Waals surface area contributed by atoms with Gasteiger partial charge in [-0.2, -0.15) is 23.3 Å². The first-order valence-corrected chi connectivity index (χ1v) is 10.6. The summed E-state index contributed by atoms with van der Waals surface area (Å²) in [6, 6.07) is 3.77. The summed E-state index contributed by atoms with van der Waals surface area (Å²) in [6.07, 6.45) is 5.64. The summed E-state index contributed by atoms with van der Waals surface area (Å²) in [4.78, 5) is 25.1. The number of nitrogens with two attached hydrogens (primary N) is 1. The fourth-order valence-electron chi connectivity index (χ4n) is 4.23. The number of rotatable bonds is 5. The molecular weight excluding hydrogens is 435 g/mol. The molecule has 1 amide bonds. The van der Waals surface area contributed by atoms with Gasteiger partial charge in [0.05, 0.1) is 5.56 Å². The largest absolute Gasteiger partial charge is 0.435 e. The minimum atomic E-state index is -4.83. The first-order chi connectivity index (χ1) is 15.7. The Balaban J connectivity index is 1.63. The summed E-state index contributed by atoms with van der Waals surface area (Å²) < 4.78 is 41.9. The second-order valence-electron chi connectivity index (χ2n) is 8.34. The van der Waals surface area contributed by atoms with E-state index >= 15 is 0 Å². The number of hydrogen-bond acceptors (Lipinski definition) is 6. The molecule has 11 heteroatoms. The molecule has 0 spiro atoms. The van der Waals surface area contributed by atoms with E-state index in [2.05, 4.69) is 25.4 Å². The zero-order valence-electron chi connectivity index (χ0n) is 18.1. The van der Waals surface area contributed by atoms with Crippen molar-refractivity contribution >= 4 is 11.7 Å². The first-order valence-electron chi connectivity index (χ1n) is 10.6. The molecule has 1 fully saturated rings. The number of nitrogens with one attached hydrogen (secondary N) is 1. The van der Waals surface area contributed by atoms with Crippen molar-refractivity contribution in [3.05, 3.63) is 59.3 Å². The monoisotopic (exact) mass is 459 g/mol. The van der Waals surface area contributed by atoms with Crippen molar-refractivity contribution in [2.24, 2.45) is 0 Å². The topological polar surface area (TPSA) is 112 Å². The van der Waals surface area contributed by atoms with Gasteiger partial charge in [-0.05, 0) is 31.4 Å². The summed E-state index contributed by atoms with van der Waals surface area (Å²) in [6.45, 7) is 1.87. The Morgan fingerprint density at radius 1 is 1.24 bits per heavy atom. The molecule has 3 heterocycles. The van der Waals surface area contributed by atoms with Gasteiger partial charge in [-0.25, -0.2) is 9.67 Å². The number of pyridine rings is 1. The van der Waals surface area contributed by atoms with Crippen molar-refractivity contribution < 1.29 is 18.0 Å². The van der Waals surface area contributed by atoms with E-state index in [4.69, 9.17) is 5.73 Å². The average molecular weight is 459 g/mol. The smallest absolute Gasteiger partial charge is 0.383 e. The van der Waals surface area contributed by atoms with Crippen molar-refractivity contribution in [3.8, 4) is 5.95 Å². The van der Waals surface area contributed by atoms with E-state index in [9.17, 15) is 18.0 Å². The number of halogens is 3. The summed E-state index contributed by atoms with van der Waals surface area (Å²) >= 11 is 0. The molecule has 3 aromatic rings. The summed E-state index contributed by atoms with van der Waals surface area (Å²) in [5, 5.41) is 6.27. The maximum absolute atomic E-state index is 13.7. The van der Waals surface area contributed by atoms with Gasteiger partial charge in [-0.3, -0.25) is 9.78 Å². The van der Waals surface area contributed by atoms with Crippen LogP contribution < -0.4 is 11.1 Å². The molecule has 8 nitrogen and oxygen atoms in total. The number of hydrogen-bond donors (Lipinski definition) is 2. The van der Waals surface area contributed by atoms with Crippen LogP contribution in [0.25, 0.3) is 5.95 Å². The van der Waals surface area contributed by atoms with Crippen LogP contribution >= 0.6 is 0 Å². The van der Waals surface area contributed by atoms with E-state index in [1.54, 1.807) is 19.3 Å². The van der Waals surface area contributed by atoms with E-state index in [-0.39, 0.29) is 23.7 Å². The Morgan fingerprint density at radius 2 is 2.00 bits per heavy atom. The second-order valence-corrected chi connectivity index (χ2v) is 8.34. The van der Waals surface area contributed by atoms with Gasteiger partial charge in [0.15, 0.2) is 5.69 Å². The number of aryl methyl sites for hydroxylation is 1. The number of nitrogens with zero attached hydrogens (tertiary/aromatic N) is 5. The van der Waals surface area contributed by atoms with Crippen molar-refractivity contribution in [1.82, 2.24) is 30.0 Å². The Hall–Kier alpha value is -3.50. The second kappa shape index (κ2) is 8.80. The highest BCUT2D eigenvalue weighted by Crippen LogP contribution is 2.39. The fourth-order valence-corrected chi connectivity index (χ4v) is 4.23. The Labute approximate surface area is 188 Å². The fraction of sp³-hybridized carbons (Fsp3) is 0.409. The highest BCUT2D eigenvalue weighted by atomic mass is 19.4. The number of alkyl halides is 3. The van der Waals surface area contributed by atoms with Crippen LogP contribution in [0.5, 0.6) is 0 Å². The van der Waals surface area contributed by atoms with Crippen molar-refractivity contribution in [2.45, 2.75) is 50.6 Å². The number of anilines is 1. The van der Waals surface area contributed by atoms with Crippen LogP contribution in [0.4, 0.5) is 19.0 Å². The molecule has 33 heavy (non-hydrogen) atoms. The van der Waals surface area contributed by atoms with Gasteiger partial charge in [0.25, 0.3) is 11.9 Å². The third-order valence-electron chi connectivity index (χ3n) is 6.10. The molecule has 1 aliphatic carbocycles. The lowest BCUT2D eigenvalue weighted by Gasteiger charge is -2.37. The Morgan fingerprint density at radius 3 is 2.64 bits per heavy atom. The van der Waals surface area contributed by atoms with Crippen LogP contribution in [0.1, 0.15) is 59.3 Å². The van der Waals surface area contributed by atoms with Gasteiger partial charge >= 0.3 is 6.18 Å². The molecule has 3 N–H and O–H groups in total. The van der Waals surface area contributed by atoms with Gasteiger partial charge in [0.1, 0.15) is 5.82 Å². The van der Waals surface area contributed by atoms with Crippen LogP contribution in [-0.2, 0) is 11.6 Å². The quantitative estimate of drug-likeness (QED) is 0.603. The maximum Gasteiger partial charge on any atom is 0.435 e. The van der Waals surface area contributed by atoms with Gasteiger partial charge in [-0.15, -0.1) is 0 Å². The summed E-state index contributed by atoms with van der Waals surface area (Å²) in [5.74, 6) is -0.893. The van der Waals surface area contributed by atoms with Crippen molar-refractivity contribution in [2.75, 3.05) is 12.3 Å². The molecule has 1 saturated carbocycles. The highest BCUT2D eigenvalue weighted by Gasteiger charge is 2.40. The number of amides is 1. The molecule has 0 radical (unpaired) electrons. The molecule has 4 rings (SSSR count). The molecule has 0 aliphatic heterocycles. The zero-order valence-corrected chi connectivity index (χ0v) is 18.1. The van der Waals surface area contributed by atoms with E-state index in [1.165, 1.54) is 6.20 Å². The van der Waals surface area contributed by atoms with Gasteiger partial charge < -0.3 is 11.1 Å². The molecular formula is C22H24F3N7O. The minimum Gasteiger partial charge on any atom is -0.383 e. The van der Waals surface area contributed by atoms with Crippen molar-refractivity contribution in [1.29, 1.82) is 0 Å². The number of aromatic nitrogens is 5. The third-order valence-corrected chi connectivity index (χ3v) is 6.10. The molecule has 0 aromatic carbocycles.